The van der Waals surface area contributed by atoms with Gasteiger partial charge < -0.3 is 19.8 Å². The van der Waals surface area contributed by atoms with Crippen LogP contribution in [0.1, 0.15) is 23.3 Å². The molecule has 0 atom stereocenters. The van der Waals surface area contributed by atoms with E-state index in [4.69, 9.17) is 9.84 Å². The molecule has 2 fully saturated rings. The van der Waals surface area contributed by atoms with E-state index >= 15 is 0 Å². The number of rotatable bonds is 5. The molecule has 0 unspecified atom stereocenters. The average molecular weight is 264 g/mol. The number of anilines is 1. The molecule has 1 saturated carbocycles. The molecule has 2 aliphatic rings. The third-order valence-corrected chi connectivity index (χ3v) is 3.44. The molecule has 3 rings (SSSR count). The Labute approximate surface area is 110 Å². The van der Waals surface area contributed by atoms with Crippen LogP contribution in [0.15, 0.2) is 12.3 Å². The van der Waals surface area contributed by atoms with Gasteiger partial charge in [0.1, 0.15) is 0 Å². The van der Waals surface area contributed by atoms with E-state index in [9.17, 15) is 9.90 Å². The summed E-state index contributed by atoms with van der Waals surface area (Å²) >= 11 is 0. The minimum absolute atomic E-state index is 0.0505. The van der Waals surface area contributed by atoms with E-state index in [2.05, 4.69) is 4.98 Å². The number of hydrogen-bond acceptors (Lipinski definition) is 5. The van der Waals surface area contributed by atoms with Gasteiger partial charge >= 0.3 is 5.97 Å². The number of aromatic carboxylic acids is 1. The van der Waals surface area contributed by atoms with Crippen LogP contribution in [0.5, 0.6) is 5.75 Å². The Morgan fingerprint density at radius 2 is 2.21 bits per heavy atom. The fourth-order valence-electron chi connectivity index (χ4n) is 2.04. The number of aliphatic hydroxyl groups is 1. The van der Waals surface area contributed by atoms with E-state index in [-0.39, 0.29) is 11.8 Å². The van der Waals surface area contributed by atoms with Gasteiger partial charge in [0.25, 0.3) is 0 Å². The molecule has 1 aliphatic heterocycles. The zero-order valence-electron chi connectivity index (χ0n) is 10.5. The fraction of sp³-hybridized carbons (Fsp3) is 0.538. The van der Waals surface area contributed by atoms with Gasteiger partial charge in [0.05, 0.1) is 24.6 Å². The summed E-state index contributed by atoms with van der Waals surface area (Å²) in [5.74, 6) is -0.213. The van der Waals surface area contributed by atoms with Gasteiger partial charge in [-0.15, -0.1) is 0 Å². The second-order valence-corrected chi connectivity index (χ2v) is 5.16. The molecule has 0 amide bonds. The van der Waals surface area contributed by atoms with Crippen molar-refractivity contribution in [3.63, 3.8) is 0 Å². The number of aromatic nitrogens is 1. The number of β-amino-alcohol motifs (C(OH)–C–C–N with tert-alkyl or cyclic N) is 1. The van der Waals surface area contributed by atoms with E-state index in [1.54, 1.807) is 6.07 Å². The largest absolute Gasteiger partial charge is 0.491 e. The molecule has 2 N–H and O–H groups in total. The third kappa shape index (κ3) is 2.63. The first-order chi connectivity index (χ1) is 9.13. The van der Waals surface area contributed by atoms with E-state index in [1.807, 2.05) is 4.90 Å². The van der Waals surface area contributed by atoms with E-state index in [1.165, 1.54) is 6.20 Å². The number of carboxylic acid groups (broad SMARTS) is 1. The van der Waals surface area contributed by atoms with Crippen LogP contribution in [0, 0.1) is 5.92 Å². The maximum atomic E-state index is 11.1. The third-order valence-electron chi connectivity index (χ3n) is 3.44. The molecular weight excluding hydrogens is 248 g/mol. The van der Waals surface area contributed by atoms with Crippen LogP contribution >= 0.6 is 0 Å². The quantitative estimate of drug-likeness (QED) is 0.816. The second-order valence-electron chi connectivity index (χ2n) is 5.16. The molecule has 19 heavy (non-hydrogen) atoms. The Morgan fingerprint density at radius 1 is 1.47 bits per heavy atom. The highest BCUT2D eigenvalue weighted by molar-refractivity contribution is 5.89. The van der Waals surface area contributed by atoms with Crippen molar-refractivity contribution < 1.29 is 19.7 Å². The Kier molecular flexibility index (Phi) is 3.02. The number of aliphatic hydroxyl groups excluding tert-OH is 1. The molecule has 1 aromatic heterocycles. The monoisotopic (exact) mass is 264 g/mol. The molecule has 0 aromatic carbocycles. The zero-order chi connectivity index (χ0) is 13.4. The van der Waals surface area contributed by atoms with Gasteiger partial charge in [0.2, 0.25) is 0 Å². The van der Waals surface area contributed by atoms with Crippen molar-refractivity contribution in [1.29, 1.82) is 0 Å². The Bertz CT molecular complexity index is 495. The molecule has 2 heterocycles. The van der Waals surface area contributed by atoms with Gasteiger partial charge in [0, 0.05) is 19.2 Å². The minimum Gasteiger partial charge on any atom is -0.491 e. The lowest BCUT2D eigenvalue weighted by Crippen LogP contribution is -2.50. The molecule has 102 valence electrons. The summed E-state index contributed by atoms with van der Waals surface area (Å²) in [6.07, 6.45) is 3.50. The van der Waals surface area contributed by atoms with Gasteiger partial charge in [-0.05, 0) is 18.8 Å². The molecule has 0 spiro atoms. The van der Waals surface area contributed by atoms with Gasteiger partial charge in [-0.2, -0.15) is 0 Å². The number of nitrogens with zero attached hydrogens (tertiary/aromatic N) is 2. The predicted molar refractivity (Wildman–Crippen MR) is 67.6 cm³/mol. The second kappa shape index (κ2) is 4.70. The summed E-state index contributed by atoms with van der Waals surface area (Å²) in [6, 6.07) is 1.70. The summed E-state index contributed by atoms with van der Waals surface area (Å²) in [6.45, 7) is 1.65. The van der Waals surface area contributed by atoms with Gasteiger partial charge in [-0.1, -0.05) is 0 Å². The summed E-state index contributed by atoms with van der Waals surface area (Å²) < 4.78 is 5.58. The zero-order valence-corrected chi connectivity index (χ0v) is 10.5. The molecule has 6 heteroatoms. The summed E-state index contributed by atoms with van der Waals surface area (Å²) in [7, 11) is 0. The van der Waals surface area contributed by atoms with Crippen molar-refractivity contribution in [2.45, 2.75) is 18.9 Å². The van der Waals surface area contributed by atoms with E-state index < -0.39 is 5.97 Å². The Morgan fingerprint density at radius 3 is 2.79 bits per heavy atom. The number of carboxylic acids is 1. The molecule has 1 aromatic rings. The first-order valence-corrected chi connectivity index (χ1v) is 6.42. The van der Waals surface area contributed by atoms with Crippen molar-refractivity contribution in [3.05, 3.63) is 18.0 Å². The van der Waals surface area contributed by atoms with Crippen LogP contribution < -0.4 is 9.64 Å². The highest BCUT2D eigenvalue weighted by Crippen LogP contribution is 2.32. The summed E-state index contributed by atoms with van der Waals surface area (Å²) in [4.78, 5) is 17.0. The maximum absolute atomic E-state index is 11.1. The first-order valence-electron chi connectivity index (χ1n) is 6.42. The van der Waals surface area contributed by atoms with Gasteiger partial charge in [0.15, 0.2) is 11.4 Å². The van der Waals surface area contributed by atoms with Crippen LogP contribution in [0.2, 0.25) is 0 Å². The topological polar surface area (TPSA) is 82.9 Å². The fourth-order valence-corrected chi connectivity index (χ4v) is 2.04. The molecule has 1 aliphatic carbocycles. The van der Waals surface area contributed by atoms with Gasteiger partial charge in [-0.25, -0.2) is 9.78 Å². The van der Waals surface area contributed by atoms with E-state index in [0.29, 0.717) is 31.4 Å². The van der Waals surface area contributed by atoms with Crippen molar-refractivity contribution in [1.82, 2.24) is 4.98 Å². The van der Waals surface area contributed by atoms with Crippen molar-refractivity contribution in [2.75, 3.05) is 24.6 Å². The van der Waals surface area contributed by atoms with Crippen LogP contribution in [-0.4, -0.2) is 47.0 Å². The maximum Gasteiger partial charge on any atom is 0.358 e. The molecular formula is C13H16N2O4. The van der Waals surface area contributed by atoms with Crippen molar-refractivity contribution in [3.8, 4) is 5.75 Å². The molecule has 1 saturated heterocycles. The lowest BCUT2D eigenvalue weighted by Gasteiger charge is -2.37. The van der Waals surface area contributed by atoms with Crippen molar-refractivity contribution >= 4 is 11.7 Å². The predicted octanol–water partition coefficient (Wildman–Crippen LogP) is 0.749. The highest BCUT2D eigenvalue weighted by Gasteiger charge is 2.27. The number of ether oxygens (including phenoxy) is 1. The SMILES string of the molecule is O=C(O)c1ncc(N2CC(O)C2)cc1OCC1CC1. The average Bonchev–Trinajstić information content (AvgIpc) is 3.16. The molecule has 0 bridgehead atoms. The number of carbonyl (C=O) groups is 1. The number of pyridine rings is 1. The van der Waals surface area contributed by atoms with Crippen LogP contribution in [0.4, 0.5) is 5.69 Å². The number of hydrogen-bond donors (Lipinski definition) is 2. The summed E-state index contributed by atoms with van der Waals surface area (Å²) in [5.41, 5.74) is 0.742. The Hall–Kier alpha value is -1.82. The van der Waals surface area contributed by atoms with Crippen LogP contribution in [-0.2, 0) is 0 Å². The summed E-state index contributed by atoms with van der Waals surface area (Å²) in [5, 5.41) is 18.4. The van der Waals surface area contributed by atoms with Gasteiger partial charge in [-0.3, -0.25) is 0 Å². The molecule has 6 nitrogen and oxygen atoms in total. The highest BCUT2D eigenvalue weighted by atomic mass is 16.5. The lowest BCUT2D eigenvalue weighted by atomic mass is 10.1. The lowest BCUT2D eigenvalue weighted by molar-refractivity contribution is 0.0685. The van der Waals surface area contributed by atoms with Crippen LogP contribution in [0.3, 0.4) is 0 Å². The first kappa shape index (κ1) is 12.2. The van der Waals surface area contributed by atoms with E-state index in [0.717, 1.165) is 18.5 Å². The van der Waals surface area contributed by atoms with Crippen molar-refractivity contribution in [2.24, 2.45) is 5.92 Å². The minimum atomic E-state index is -1.08. The molecule has 0 radical (unpaired) electrons. The Balaban J connectivity index is 1.78. The normalized spacial score (nSPS) is 19.1. The smallest absolute Gasteiger partial charge is 0.358 e. The van der Waals surface area contributed by atoms with Crippen LogP contribution in [0.25, 0.3) is 0 Å². The standard InChI is InChI=1S/C13H16N2O4/c16-10-5-15(6-10)9-3-11(19-7-8-1-2-8)12(13(17)18)14-4-9/h3-4,8,10,16H,1-2,5-7H2,(H,17,18).